The van der Waals surface area contributed by atoms with Gasteiger partial charge in [0.25, 0.3) is 0 Å². The van der Waals surface area contributed by atoms with E-state index in [9.17, 15) is 4.39 Å². The average molecular weight is 226 g/mol. The smallest absolute Gasteiger partial charge is 0.126 e. The molecule has 0 heterocycles. The van der Waals surface area contributed by atoms with Crippen molar-refractivity contribution >= 4 is 0 Å². The molecule has 4 heteroatoms. The Balaban J connectivity index is 2.46. The van der Waals surface area contributed by atoms with E-state index in [0.29, 0.717) is 25.2 Å². The second-order valence-electron chi connectivity index (χ2n) is 3.73. The molecule has 1 unspecified atom stereocenters. The fraction of sp³-hybridized carbons (Fsp3) is 0.500. The van der Waals surface area contributed by atoms with Crippen molar-refractivity contribution in [1.82, 2.24) is 5.43 Å². The van der Waals surface area contributed by atoms with Crippen LogP contribution in [0, 0.1) is 5.82 Å². The molecule has 0 saturated heterocycles. The van der Waals surface area contributed by atoms with Crippen LogP contribution in [0.2, 0.25) is 0 Å². The lowest BCUT2D eigenvalue weighted by Crippen LogP contribution is -2.40. The van der Waals surface area contributed by atoms with Gasteiger partial charge in [-0.25, -0.2) is 4.39 Å². The number of nitrogens with two attached hydrogens (primary N) is 1. The van der Waals surface area contributed by atoms with Crippen molar-refractivity contribution < 1.29 is 9.13 Å². The highest BCUT2D eigenvalue weighted by Crippen LogP contribution is 2.09. The third kappa shape index (κ3) is 4.26. The van der Waals surface area contributed by atoms with Gasteiger partial charge >= 0.3 is 0 Å². The highest BCUT2D eigenvalue weighted by atomic mass is 19.1. The SMILES string of the molecule is CCCOCC(Cc1ccccc1F)NN. The average Bonchev–Trinajstić information content (AvgIpc) is 2.30. The Kier molecular flexibility index (Phi) is 6.00. The van der Waals surface area contributed by atoms with Gasteiger partial charge in [0.2, 0.25) is 0 Å². The van der Waals surface area contributed by atoms with E-state index in [1.54, 1.807) is 12.1 Å². The summed E-state index contributed by atoms with van der Waals surface area (Å²) >= 11 is 0. The van der Waals surface area contributed by atoms with Gasteiger partial charge in [0, 0.05) is 12.6 Å². The van der Waals surface area contributed by atoms with Crippen molar-refractivity contribution in [2.75, 3.05) is 13.2 Å². The summed E-state index contributed by atoms with van der Waals surface area (Å²) in [6.07, 6.45) is 1.50. The molecule has 0 aliphatic rings. The van der Waals surface area contributed by atoms with E-state index >= 15 is 0 Å². The van der Waals surface area contributed by atoms with Crippen molar-refractivity contribution in [2.45, 2.75) is 25.8 Å². The number of benzene rings is 1. The third-order valence-electron chi connectivity index (χ3n) is 2.33. The van der Waals surface area contributed by atoms with Crippen LogP contribution in [-0.4, -0.2) is 19.3 Å². The van der Waals surface area contributed by atoms with E-state index in [1.165, 1.54) is 6.07 Å². The van der Waals surface area contributed by atoms with Gasteiger partial charge in [-0.3, -0.25) is 11.3 Å². The topological polar surface area (TPSA) is 47.3 Å². The molecule has 3 N–H and O–H groups in total. The monoisotopic (exact) mass is 226 g/mol. The quantitative estimate of drug-likeness (QED) is 0.422. The molecule has 0 saturated carbocycles. The van der Waals surface area contributed by atoms with Gasteiger partial charge in [-0.1, -0.05) is 25.1 Å². The number of ether oxygens (including phenoxy) is 1. The van der Waals surface area contributed by atoms with Crippen LogP contribution < -0.4 is 11.3 Å². The maximum atomic E-state index is 13.4. The predicted molar refractivity (Wildman–Crippen MR) is 62.3 cm³/mol. The third-order valence-corrected chi connectivity index (χ3v) is 2.33. The Morgan fingerprint density at radius 1 is 1.44 bits per heavy atom. The molecule has 1 aromatic carbocycles. The molecular formula is C12H19FN2O. The van der Waals surface area contributed by atoms with Gasteiger partial charge in [-0.15, -0.1) is 0 Å². The Labute approximate surface area is 95.8 Å². The molecule has 0 aromatic heterocycles. The van der Waals surface area contributed by atoms with Gasteiger partial charge in [-0.05, 0) is 24.5 Å². The van der Waals surface area contributed by atoms with Crippen molar-refractivity contribution in [3.63, 3.8) is 0 Å². The maximum absolute atomic E-state index is 13.4. The number of nitrogens with one attached hydrogen (secondary N) is 1. The zero-order valence-corrected chi connectivity index (χ0v) is 9.58. The second-order valence-corrected chi connectivity index (χ2v) is 3.73. The molecule has 0 aliphatic heterocycles. The molecule has 16 heavy (non-hydrogen) atoms. The highest BCUT2D eigenvalue weighted by Gasteiger charge is 2.10. The van der Waals surface area contributed by atoms with Crippen LogP contribution in [0.25, 0.3) is 0 Å². The van der Waals surface area contributed by atoms with Crippen LogP contribution in [0.4, 0.5) is 4.39 Å². The van der Waals surface area contributed by atoms with E-state index in [0.717, 1.165) is 6.42 Å². The minimum Gasteiger partial charge on any atom is -0.380 e. The van der Waals surface area contributed by atoms with E-state index in [2.05, 4.69) is 5.43 Å². The minimum atomic E-state index is -0.196. The van der Waals surface area contributed by atoms with Crippen molar-refractivity contribution in [1.29, 1.82) is 0 Å². The summed E-state index contributed by atoms with van der Waals surface area (Å²) in [5.74, 6) is 5.20. The van der Waals surface area contributed by atoms with Crippen LogP contribution >= 0.6 is 0 Å². The first-order chi connectivity index (χ1) is 7.77. The van der Waals surface area contributed by atoms with Crippen LogP contribution in [0.1, 0.15) is 18.9 Å². The lowest BCUT2D eigenvalue weighted by Gasteiger charge is -2.16. The summed E-state index contributed by atoms with van der Waals surface area (Å²) in [4.78, 5) is 0. The van der Waals surface area contributed by atoms with Gasteiger partial charge in [0.05, 0.1) is 6.61 Å². The summed E-state index contributed by atoms with van der Waals surface area (Å²) in [6, 6.07) is 6.66. The number of rotatable bonds is 7. The maximum Gasteiger partial charge on any atom is 0.126 e. The van der Waals surface area contributed by atoms with E-state index in [-0.39, 0.29) is 11.9 Å². The normalized spacial score (nSPS) is 12.7. The van der Waals surface area contributed by atoms with E-state index in [1.807, 2.05) is 13.0 Å². The van der Waals surface area contributed by atoms with Crippen molar-refractivity contribution in [2.24, 2.45) is 5.84 Å². The Morgan fingerprint density at radius 2 is 2.19 bits per heavy atom. The molecule has 0 aliphatic carbocycles. The largest absolute Gasteiger partial charge is 0.380 e. The van der Waals surface area contributed by atoms with Crippen LogP contribution in [0.15, 0.2) is 24.3 Å². The molecule has 1 aromatic rings. The minimum absolute atomic E-state index is 0.0524. The lowest BCUT2D eigenvalue weighted by molar-refractivity contribution is 0.111. The first-order valence-corrected chi connectivity index (χ1v) is 5.55. The summed E-state index contributed by atoms with van der Waals surface area (Å²) in [5, 5.41) is 0. The molecule has 3 nitrogen and oxygen atoms in total. The molecular weight excluding hydrogens is 207 g/mol. The molecule has 0 spiro atoms. The summed E-state index contributed by atoms with van der Waals surface area (Å²) in [6.45, 7) is 3.25. The zero-order chi connectivity index (χ0) is 11.8. The molecule has 1 rings (SSSR count). The van der Waals surface area contributed by atoms with Gasteiger partial charge < -0.3 is 4.74 Å². The molecule has 90 valence electrons. The Hall–Kier alpha value is -0.970. The van der Waals surface area contributed by atoms with Crippen LogP contribution in [0.3, 0.4) is 0 Å². The first-order valence-electron chi connectivity index (χ1n) is 5.55. The van der Waals surface area contributed by atoms with E-state index < -0.39 is 0 Å². The predicted octanol–water partition coefficient (Wildman–Crippen LogP) is 1.63. The fourth-order valence-electron chi connectivity index (χ4n) is 1.47. The van der Waals surface area contributed by atoms with Crippen LogP contribution in [0.5, 0.6) is 0 Å². The van der Waals surface area contributed by atoms with Gasteiger partial charge in [-0.2, -0.15) is 0 Å². The molecule has 0 radical (unpaired) electrons. The molecule has 0 bridgehead atoms. The standard InChI is InChI=1S/C12H19FN2O/c1-2-7-16-9-11(15-14)8-10-5-3-4-6-12(10)13/h3-6,11,15H,2,7-9,14H2,1H3. The molecule has 0 fully saturated rings. The molecule has 0 amide bonds. The number of hydrogen-bond donors (Lipinski definition) is 2. The lowest BCUT2D eigenvalue weighted by atomic mass is 10.1. The van der Waals surface area contributed by atoms with Gasteiger partial charge in [0.15, 0.2) is 0 Å². The zero-order valence-electron chi connectivity index (χ0n) is 9.58. The number of halogens is 1. The summed E-state index contributed by atoms with van der Waals surface area (Å²) in [5.41, 5.74) is 3.30. The van der Waals surface area contributed by atoms with Crippen molar-refractivity contribution in [3.05, 3.63) is 35.6 Å². The second kappa shape index (κ2) is 7.33. The Bertz CT molecular complexity index is 307. The Morgan fingerprint density at radius 3 is 2.81 bits per heavy atom. The first kappa shape index (κ1) is 13.1. The highest BCUT2D eigenvalue weighted by molar-refractivity contribution is 5.18. The van der Waals surface area contributed by atoms with Crippen molar-refractivity contribution in [3.8, 4) is 0 Å². The fourth-order valence-corrected chi connectivity index (χ4v) is 1.47. The summed E-state index contributed by atoms with van der Waals surface area (Å²) < 4.78 is 18.7. The summed E-state index contributed by atoms with van der Waals surface area (Å²) in [7, 11) is 0. The molecule has 1 atom stereocenters. The van der Waals surface area contributed by atoms with Crippen LogP contribution in [-0.2, 0) is 11.2 Å². The van der Waals surface area contributed by atoms with Gasteiger partial charge in [0.1, 0.15) is 5.82 Å². The number of hydrogen-bond acceptors (Lipinski definition) is 3. The van der Waals surface area contributed by atoms with E-state index in [4.69, 9.17) is 10.6 Å². The number of hydrazine groups is 1.